The predicted molar refractivity (Wildman–Crippen MR) is 70.7 cm³/mol. The summed E-state index contributed by atoms with van der Waals surface area (Å²) >= 11 is 0. The van der Waals surface area contributed by atoms with E-state index in [1.54, 1.807) is 20.8 Å². The van der Waals surface area contributed by atoms with E-state index in [2.05, 4.69) is 16.3 Å². The summed E-state index contributed by atoms with van der Waals surface area (Å²) in [5, 5.41) is 27.7. The molecule has 0 aliphatic rings. The molecule has 19 heavy (non-hydrogen) atoms. The number of rotatable bonds is 6. The van der Waals surface area contributed by atoms with Crippen molar-refractivity contribution in [3.05, 3.63) is 21.5 Å². The van der Waals surface area contributed by atoms with Gasteiger partial charge in [0.1, 0.15) is 11.4 Å². The highest BCUT2D eigenvalue weighted by Gasteiger charge is 2.22. The zero-order valence-corrected chi connectivity index (χ0v) is 11.3. The van der Waals surface area contributed by atoms with Crippen molar-refractivity contribution in [3.63, 3.8) is 0 Å². The van der Waals surface area contributed by atoms with Gasteiger partial charge in [-0.05, 0) is 20.8 Å². The quantitative estimate of drug-likeness (QED) is 0.441. The lowest BCUT2D eigenvalue weighted by Crippen LogP contribution is -2.35. The topological polar surface area (TPSA) is 93.2 Å². The molecule has 1 heterocycles. The van der Waals surface area contributed by atoms with Gasteiger partial charge in [0.05, 0.1) is 23.6 Å². The molecule has 1 rings (SSSR count). The van der Waals surface area contributed by atoms with Crippen LogP contribution in [0.25, 0.3) is 0 Å². The van der Waals surface area contributed by atoms with Gasteiger partial charge in [-0.3, -0.25) is 14.8 Å². The number of nitro groups is 1. The first-order valence-electron chi connectivity index (χ1n) is 5.92. The average Bonchev–Trinajstić information content (AvgIpc) is 2.61. The number of hydrogen-bond acceptors (Lipinski definition) is 5. The van der Waals surface area contributed by atoms with Gasteiger partial charge in [-0.1, -0.05) is 5.92 Å². The van der Waals surface area contributed by atoms with Crippen LogP contribution in [-0.4, -0.2) is 38.5 Å². The minimum atomic E-state index is -0.714. The highest BCUT2D eigenvalue weighted by atomic mass is 16.6. The Bertz CT molecular complexity index is 504. The molecule has 1 aromatic rings. The van der Waals surface area contributed by atoms with Crippen molar-refractivity contribution in [1.29, 1.82) is 0 Å². The Kier molecular flexibility index (Phi) is 5.03. The Morgan fingerprint density at radius 2 is 2.26 bits per heavy atom. The first-order valence-corrected chi connectivity index (χ1v) is 5.92. The summed E-state index contributed by atoms with van der Waals surface area (Å²) in [4.78, 5) is 10.4. The zero-order valence-electron chi connectivity index (χ0n) is 11.3. The lowest BCUT2D eigenvalue weighted by molar-refractivity contribution is -0.386. The molecular weight excluding hydrogens is 248 g/mol. The molecule has 0 aliphatic carbocycles. The lowest BCUT2D eigenvalue weighted by atomic mass is 10.3. The summed E-state index contributed by atoms with van der Waals surface area (Å²) in [6.07, 6.45) is 4.49. The number of aryl methyl sites for hydroxylation is 1. The Morgan fingerprint density at radius 1 is 1.63 bits per heavy atom. The second kappa shape index (κ2) is 6.31. The fourth-order valence-electron chi connectivity index (χ4n) is 1.77. The van der Waals surface area contributed by atoms with E-state index in [0.29, 0.717) is 17.9 Å². The average molecular weight is 266 g/mol. The van der Waals surface area contributed by atoms with Crippen LogP contribution in [0.15, 0.2) is 0 Å². The van der Waals surface area contributed by atoms with Crippen molar-refractivity contribution in [2.24, 2.45) is 0 Å². The summed E-state index contributed by atoms with van der Waals surface area (Å²) in [5.74, 6) is 2.49. The van der Waals surface area contributed by atoms with E-state index in [-0.39, 0.29) is 18.3 Å². The standard InChI is InChI=1S/C12H18N4O3/c1-5-8(2)13-6-11(17)7-15-10(4)12(16(18)19)9(3)14-15/h1,8,11,13,17H,6-7H2,2-4H3. The van der Waals surface area contributed by atoms with Crippen LogP contribution in [0.5, 0.6) is 0 Å². The van der Waals surface area contributed by atoms with Crippen LogP contribution in [-0.2, 0) is 6.54 Å². The van der Waals surface area contributed by atoms with E-state index in [4.69, 9.17) is 6.42 Å². The molecule has 0 aliphatic heterocycles. The maximum Gasteiger partial charge on any atom is 0.312 e. The first-order chi connectivity index (χ1) is 8.86. The lowest BCUT2D eigenvalue weighted by Gasteiger charge is -2.14. The van der Waals surface area contributed by atoms with Crippen molar-refractivity contribution in [1.82, 2.24) is 15.1 Å². The number of nitrogens with one attached hydrogen (secondary N) is 1. The molecule has 104 valence electrons. The fraction of sp³-hybridized carbons (Fsp3) is 0.583. The van der Waals surface area contributed by atoms with Crippen LogP contribution >= 0.6 is 0 Å². The smallest absolute Gasteiger partial charge is 0.312 e. The molecule has 0 aromatic carbocycles. The van der Waals surface area contributed by atoms with E-state index in [1.165, 1.54) is 4.68 Å². The molecular formula is C12H18N4O3. The molecule has 0 radical (unpaired) electrons. The van der Waals surface area contributed by atoms with Crippen molar-refractivity contribution in [2.45, 2.75) is 39.5 Å². The molecule has 7 nitrogen and oxygen atoms in total. The number of aliphatic hydroxyl groups excluding tert-OH is 1. The summed E-state index contributed by atoms with van der Waals surface area (Å²) in [6, 6.07) is -0.135. The van der Waals surface area contributed by atoms with Gasteiger partial charge in [-0.2, -0.15) is 5.10 Å². The van der Waals surface area contributed by atoms with Crippen LogP contribution in [0.4, 0.5) is 5.69 Å². The largest absolute Gasteiger partial charge is 0.390 e. The number of hydrogen-bond donors (Lipinski definition) is 2. The van der Waals surface area contributed by atoms with Gasteiger partial charge in [0, 0.05) is 6.54 Å². The highest BCUT2D eigenvalue weighted by Crippen LogP contribution is 2.21. The Morgan fingerprint density at radius 3 is 2.74 bits per heavy atom. The summed E-state index contributed by atoms with van der Waals surface area (Å²) < 4.78 is 1.44. The first kappa shape index (κ1) is 15.1. The molecule has 0 saturated carbocycles. The predicted octanol–water partition coefficient (Wildman–Crippen LogP) is 0.380. The fourth-order valence-corrected chi connectivity index (χ4v) is 1.77. The third-order valence-corrected chi connectivity index (χ3v) is 2.82. The van der Waals surface area contributed by atoms with E-state index in [1.807, 2.05) is 0 Å². The summed E-state index contributed by atoms with van der Waals surface area (Å²) in [5.41, 5.74) is 0.781. The molecule has 0 fully saturated rings. The van der Waals surface area contributed by atoms with Crippen molar-refractivity contribution in [3.8, 4) is 12.3 Å². The summed E-state index contributed by atoms with van der Waals surface area (Å²) in [6.45, 7) is 5.48. The number of terminal acetylenes is 1. The van der Waals surface area contributed by atoms with Gasteiger partial charge in [0.15, 0.2) is 0 Å². The van der Waals surface area contributed by atoms with Crippen LogP contribution in [0.2, 0.25) is 0 Å². The Balaban J connectivity index is 2.70. The second-order valence-electron chi connectivity index (χ2n) is 4.41. The number of nitrogens with zero attached hydrogens (tertiary/aromatic N) is 3. The molecule has 7 heteroatoms. The van der Waals surface area contributed by atoms with Crippen molar-refractivity contribution >= 4 is 5.69 Å². The number of aromatic nitrogens is 2. The SMILES string of the molecule is C#CC(C)NCC(O)Cn1nc(C)c([N+](=O)[O-])c1C. The van der Waals surface area contributed by atoms with Crippen molar-refractivity contribution < 1.29 is 10.0 Å². The molecule has 0 saturated heterocycles. The van der Waals surface area contributed by atoms with Gasteiger partial charge in [-0.15, -0.1) is 6.42 Å². The maximum absolute atomic E-state index is 10.9. The van der Waals surface area contributed by atoms with Gasteiger partial charge in [0.2, 0.25) is 0 Å². The van der Waals surface area contributed by atoms with Gasteiger partial charge >= 0.3 is 5.69 Å². The van der Waals surface area contributed by atoms with Crippen LogP contribution in [0.3, 0.4) is 0 Å². The number of aliphatic hydroxyl groups is 1. The normalized spacial score (nSPS) is 13.8. The highest BCUT2D eigenvalue weighted by molar-refractivity contribution is 5.39. The van der Waals surface area contributed by atoms with Crippen molar-refractivity contribution in [2.75, 3.05) is 6.54 Å². The summed E-state index contributed by atoms with van der Waals surface area (Å²) in [7, 11) is 0. The minimum Gasteiger partial charge on any atom is -0.390 e. The van der Waals surface area contributed by atoms with Crippen LogP contribution in [0.1, 0.15) is 18.3 Å². The molecule has 0 spiro atoms. The third-order valence-electron chi connectivity index (χ3n) is 2.82. The third kappa shape index (κ3) is 3.77. The molecule has 1 aromatic heterocycles. The molecule has 0 bridgehead atoms. The zero-order chi connectivity index (χ0) is 14.6. The van der Waals surface area contributed by atoms with Gasteiger partial charge in [0.25, 0.3) is 0 Å². The molecule has 2 atom stereocenters. The molecule has 2 unspecified atom stereocenters. The monoisotopic (exact) mass is 266 g/mol. The minimum absolute atomic E-state index is 0.00264. The van der Waals surface area contributed by atoms with E-state index in [9.17, 15) is 15.2 Å². The van der Waals surface area contributed by atoms with Crippen LogP contribution in [0, 0.1) is 36.3 Å². The van der Waals surface area contributed by atoms with Crippen LogP contribution < -0.4 is 5.32 Å². The van der Waals surface area contributed by atoms with E-state index >= 15 is 0 Å². The van der Waals surface area contributed by atoms with E-state index < -0.39 is 11.0 Å². The molecule has 2 N–H and O–H groups in total. The maximum atomic E-state index is 10.9. The van der Waals surface area contributed by atoms with Gasteiger partial charge in [-0.25, -0.2) is 0 Å². The Hall–Kier alpha value is -1.91. The van der Waals surface area contributed by atoms with Gasteiger partial charge < -0.3 is 10.4 Å². The Labute approximate surface area is 111 Å². The molecule has 0 amide bonds. The van der Waals surface area contributed by atoms with E-state index in [0.717, 1.165) is 0 Å². The second-order valence-corrected chi connectivity index (χ2v) is 4.41.